The fourth-order valence-corrected chi connectivity index (χ4v) is 2.77. The monoisotopic (exact) mass is 254 g/mol. The average molecular weight is 255 g/mol. The van der Waals surface area contributed by atoms with Crippen LogP contribution in [-0.2, 0) is 0 Å². The number of hydrogen-bond acceptors (Lipinski definition) is 0. The highest BCUT2D eigenvalue weighted by molar-refractivity contribution is 4.70. The summed E-state index contributed by atoms with van der Waals surface area (Å²) in [6.45, 7) is 16.7. The van der Waals surface area contributed by atoms with Gasteiger partial charge >= 0.3 is 0 Å². The molecule has 0 heteroatoms. The predicted molar refractivity (Wildman–Crippen MR) is 84.9 cm³/mol. The summed E-state index contributed by atoms with van der Waals surface area (Å²) in [6, 6.07) is 0. The van der Waals surface area contributed by atoms with Gasteiger partial charge in [-0.2, -0.15) is 0 Å². The molecule has 0 N–H and O–H groups in total. The second-order valence-corrected chi connectivity index (χ2v) is 7.05. The van der Waals surface area contributed by atoms with Crippen molar-refractivity contribution < 1.29 is 0 Å². The lowest BCUT2D eigenvalue weighted by atomic mass is 9.78. The summed E-state index contributed by atoms with van der Waals surface area (Å²) in [6.07, 6.45) is 8.42. The van der Waals surface area contributed by atoms with E-state index >= 15 is 0 Å². The van der Waals surface area contributed by atoms with E-state index in [1.807, 2.05) is 0 Å². The van der Waals surface area contributed by atoms with E-state index in [1.54, 1.807) is 0 Å². The van der Waals surface area contributed by atoms with E-state index in [-0.39, 0.29) is 0 Å². The zero-order chi connectivity index (χ0) is 14.1. The molecule has 0 heterocycles. The molecule has 0 aliphatic carbocycles. The molecule has 0 saturated heterocycles. The Hall–Kier alpha value is 0. The molecule has 0 aliphatic rings. The van der Waals surface area contributed by atoms with Crippen molar-refractivity contribution in [1.29, 1.82) is 0 Å². The summed E-state index contributed by atoms with van der Waals surface area (Å²) in [5, 5.41) is 0. The van der Waals surface area contributed by atoms with Crippen LogP contribution in [0.25, 0.3) is 0 Å². The lowest BCUT2D eigenvalue weighted by Crippen LogP contribution is -2.17. The first-order valence-electron chi connectivity index (χ1n) is 8.42. The highest BCUT2D eigenvalue weighted by Crippen LogP contribution is 2.30. The summed E-state index contributed by atoms with van der Waals surface area (Å²) in [4.78, 5) is 0. The van der Waals surface area contributed by atoms with E-state index in [0.29, 0.717) is 0 Å². The third kappa shape index (κ3) is 7.44. The molecule has 0 amide bonds. The molecule has 0 fully saturated rings. The summed E-state index contributed by atoms with van der Waals surface area (Å²) in [5.74, 6) is 4.50. The lowest BCUT2D eigenvalue weighted by molar-refractivity contribution is 0.234. The Morgan fingerprint density at radius 1 is 0.722 bits per heavy atom. The van der Waals surface area contributed by atoms with Gasteiger partial charge in [0.05, 0.1) is 0 Å². The van der Waals surface area contributed by atoms with Crippen LogP contribution in [0.4, 0.5) is 0 Å². The van der Waals surface area contributed by atoms with Crippen LogP contribution in [0.2, 0.25) is 0 Å². The third-order valence-electron chi connectivity index (χ3n) is 5.20. The minimum Gasteiger partial charge on any atom is -0.0651 e. The van der Waals surface area contributed by atoms with Crippen molar-refractivity contribution in [2.24, 2.45) is 29.6 Å². The van der Waals surface area contributed by atoms with E-state index in [0.717, 1.165) is 29.6 Å². The van der Waals surface area contributed by atoms with Crippen molar-refractivity contribution >= 4 is 0 Å². The van der Waals surface area contributed by atoms with Crippen molar-refractivity contribution in [2.45, 2.75) is 87.0 Å². The van der Waals surface area contributed by atoms with Crippen LogP contribution in [0.5, 0.6) is 0 Å². The van der Waals surface area contributed by atoms with Crippen LogP contribution in [0.1, 0.15) is 87.0 Å². The highest BCUT2D eigenvalue weighted by Gasteiger charge is 2.19. The van der Waals surface area contributed by atoms with E-state index in [4.69, 9.17) is 0 Å². The Bertz CT molecular complexity index is 182. The van der Waals surface area contributed by atoms with Gasteiger partial charge in [0.2, 0.25) is 0 Å². The summed E-state index contributed by atoms with van der Waals surface area (Å²) in [5.41, 5.74) is 0. The fraction of sp³-hybridized carbons (Fsp3) is 1.00. The van der Waals surface area contributed by atoms with Crippen molar-refractivity contribution in [3.05, 3.63) is 0 Å². The Kier molecular flexibility index (Phi) is 9.87. The van der Waals surface area contributed by atoms with Crippen LogP contribution >= 0.6 is 0 Å². The summed E-state index contributed by atoms with van der Waals surface area (Å²) < 4.78 is 0. The number of rotatable bonds is 10. The summed E-state index contributed by atoms with van der Waals surface area (Å²) in [7, 11) is 0. The molecule has 110 valence electrons. The first-order valence-corrected chi connectivity index (χ1v) is 8.42. The zero-order valence-electron chi connectivity index (χ0n) is 14.1. The van der Waals surface area contributed by atoms with Crippen LogP contribution in [0, 0.1) is 29.6 Å². The van der Waals surface area contributed by atoms with E-state index in [9.17, 15) is 0 Å². The van der Waals surface area contributed by atoms with E-state index in [2.05, 4.69) is 48.5 Å². The molecule has 0 saturated carbocycles. The van der Waals surface area contributed by atoms with Gasteiger partial charge in [-0.25, -0.2) is 0 Å². The van der Waals surface area contributed by atoms with Crippen molar-refractivity contribution in [3.63, 3.8) is 0 Å². The minimum absolute atomic E-state index is 0.855. The lowest BCUT2D eigenvalue weighted by Gasteiger charge is -2.27. The van der Waals surface area contributed by atoms with Crippen molar-refractivity contribution in [2.75, 3.05) is 0 Å². The molecule has 4 atom stereocenters. The van der Waals surface area contributed by atoms with Gasteiger partial charge in [0, 0.05) is 0 Å². The molecule has 4 unspecified atom stereocenters. The maximum Gasteiger partial charge on any atom is -0.0388 e. The van der Waals surface area contributed by atoms with Gasteiger partial charge in [-0.1, -0.05) is 80.6 Å². The quantitative estimate of drug-likeness (QED) is 0.415. The molecule has 18 heavy (non-hydrogen) atoms. The fourth-order valence-electron chi connectivity index (χ4n) is 2.77. The van der Waals surface area contributed by atoms with Crippen LogP contribution in [0.3, 0.4) is 0 Å². The van der Waals surface area contributed by atoms with Crippen molar-refractivity contribution in [1.82, 2.24) is 0 Å². The second-order valence-electron chi connectivity index (χ2n) is 7.05. The first-order chi connectivity index (χ1) is 8.42. The first kappa shape index (κ1) is 18.0. The van der Waals surface area contributed by atoms with E-state index in [1.165, 1.54) is 38.5 Å². The smallest absolute Gasteiger partial charge is 0.0388 e. The van der Waals surface area contributed by atoms with Gasteiger partial charge in [-0.05, 0) is 36.0 Å². The van der Waals surface area contributed by atoms with E-state index < -0.39 is 0 Å². The van der Waals surface area contributed by atoms with Gasteiger partial charge in [0.1, 0.15) is 0 Å². The normalized spacial score (nSPS) is 18.7. The number of hydrogen-bond donors (Lipinski definition) is 0. The minimum atomic E-state index is 0.855. The Morgan fingerprint density at radius 3 is 1.78 bits per heavy atom. The van der Waals surface area contributed by atoms with Gasteiger partial charge in [0.25, 0.3) is 0 Å². The topological polar surface area (TPSA) is 0 Å². The molecule has 0 rings (SSSR count). The molecular formula is C18H38. The van der Waals surface area contributed by atoms with Crippen molar-refractivity contribution in [3.8, 4) is 0 Å². The average Bonchev–Trinajstić information content (AvgIpc) is 2.35. The molecule has 0 aromatic carbocycles. The van der Waals surface area contributed by atoms with Crippen LogP contribution < -0.4 is 0 Å². The Morgan fingerprint density at radius 2 is 1.33 bits per heavy atom. The van der Waals surface area contributed by atoms with Gasteiger partial charge < -0.3 is 0 Å². The zero-order valence-corrected chi connectivity index (χ0v) is 14.1. The predicted octanol–water partition coefficient (Wildman–Crippen LogP) is 6.55. The van der Waals surface area contributed by atoms with Crippen LogP contribution in [0.15, 0.2) is 0 Å². The Labute approximate surface area is 117 Å². The second kappa shape index (κ2) is 9.87. The molecule has 0 aromatic heterocycles. The molecule has 0 spiro atoms. The molecule has 0 bridgehead atoms. The molecule has 0 aliphatic heterocycles. The third-order valence-corrected chi connectivity index (χ3v) is 5.20. The van der Waals surface area contributed by atoms with Crippen LogP contribution in [-0.4, -0.2) is 0 Å². The standard InChI is InChI=1S/C18H38/c1-8-15(5)11-10-12-18(14(3)4)13-17(7)16(6)9-2/h14-18H,8-13H2,1-7H3. The summed E-state index contributed by atoms with van der Waals surface area (Å²) >= 11 is 0. The molecule has 0 nitrogen and oxygen atoms in total. The Balaban J connectivity index is 4.07. The molecular weight excluding hydrogens is 216 g/mol. The SMILES string of the molecule is CCC(C)CCCC(CC(C)C(C)CC)C(C)C. The maximum atomic E-state index is 2.46. The highest BCUT2D eigenvalue weighted by atomic mass is 14.3. The van der Waals surface area contributed by atoms with Gasteiger partial charge in [-0.15, -0.1) is 0 Å². The largest absolute Gasteiger partial charge is 0.0651 e. The molecule has 0 aromatic rings. The van der Waals surface area contributed by atoms with Gasteiger partial charge in [-0.3, -0.25) is 0 Å². The maximum absolute atomic E-state index is 2.46. The van der Waals surface area contributed by atoms with Gasteiger partial charge in [0.15, 0.2) is 0 Å². The molecule has 0 radical (unpaired) electrons.